The molecular weight excluding hydrogens is 258 g/mol. The van der Waals surface area contributed by atoms with Gasteiger partial charge in [-0.05, 0) is 36.8 Å². The second kappa shape index (κ2) is 6.55. The summed E-state index contributed by atoms with van der Waals surface area (Å²) < 4.78 is 0. The highest BCUT2D eigenvalue weighted by atomic mass is 35.5. The fraction of sp³-hybridized carbons (Fsp3) is 0.267. The SMILES string of the molecule is CCN(Cc1ccncc1)c1cccc(Cl)c1CN. The van der Waals surface area contributed by atoms with Crippen molar-refractivity contribution in [3.8, 4) is 0 Å². The van der Waals surface area contributed by atoms with Gasteiger partial charge in [-0.25, -0.2) is 0 Å². The maximum atomic E-state index is 6.22. The Labute approximate surface area is 119 Å². The van der Waals surface area contributed by atoms with Crippen LogP contribution < -0.4 is 10.6 Å². The van der Waals surface area contributed by atoms with Crippen molar-refractivity contribution in [1.82, 2.24) is 4.98 Å². The molecule has 0 fully saturated rings. The van der Waals surface area contributed by atoms with Crippen molar-refractivity contribution < 1.29 is 0 Å². The largest absolute Gasteiger partial charge is 0.367 e. The molecule has 0 saturated carbocycles. The van der Waals surface area contributed by atoms with E-state index in [9.17, 15) is 0 Å². The van der Waals surface area contributed by atoms with Crippen molar-refractivity contribution in [2.75, 3.05) is 11.4 Å². The number of anilines is 1. The molecule has 100 valence electrons. The summed E-state index contributed by atoms with van der Waals surface area (Å²) in [6, 6.07) is 9.96. The van der Waals surface area contributed by atoms with Gasteiger partial charge in [0, 0.05) is 48.3 Å². The zero-order valence-electron chi connectivity index (χ0n) is 11.0. The van der Waals surface area contributed by atoms with Gasteiger partial charge < -0.3 is 10.6 Å². The Hall–Kier alpha value is -1.58. The minimum atomic E-state index is 0.446. The van der Waals surface area contributed by atoms with Crippen LogP contribution in [-0.4, -0.2) is 11.5 Å². The van der Waals surface area contributed by atoms with Crippen molar-refractivity contribution in [3.63, 3.8) is 0 Å². The maximum absolute atomic E-state index is 6.22. The third-order valence-corrected chi connectivity index (χ3v) is 3.50. The summed E-state index contributed by atoms with van der Waals surface area (Å²) >= 11 is 6.22. The van der Waals surface area contributed by atoms with Crippen LogP contribution in [0.1, 0.15) is 18.1 Å². The van der Waals surface area contributed by atoms with Crippen LogP contribution in [0.2, 0.25) is 5.02 Å². The summed E-state index contributed by atoms with van der Waals surface area (Å²) in [7, 11) is 0. The van der Waals surface area contributed by atoms with Gasteiger partial charge in [0.25, 0.3) is 0 Å². The second-order valence-electron chi connectivity index (χ2n) is 4.31. The number of aromatic nitrogens is 1. The lowest BCUT2D eigenvalue weighted by atomic mass is 10.1. The highest BCUT2D eigenvalue weighted by molar-refractivity contribution is 6.31. The molecule has 4 heteroatoms. The lowest BCUT2D eigenvalue weighted by molar-refractivity contribution is 0.820. The van der Waals surface area contributed by atoms with E-state index in [0.29, 0.717) is 6.54 Å². The first-order valence-corrected chi connectivity index (χ1v) is 6.75. The van der Waals surface area contributed by atoms with Crippen LogP contribution >= 0.6 is 11.6 Å². The average Bonchev–Trinajstić information content (AvgIpc) is 2.45. The van der Waals surface area contributed by atoms with Crippen LogP contribution in [0.4, 0.5) is 5.69 Å². The van der Waals surface area contributed by atoms with E-state index < -0.39 is 0 Å². The van der Waals surface area contributed by atoms with E-state index >= 15 is 0 Å². The fourth-order valence-electron chi connectivity index (χ4n) is 2.12. The number of benzene rings is 1. The van der Waals surface area contributed by atoms with Gasteiger partial charge in [-0.15, -0.1) is 0 Å². The quantitative estimate of drug-likeness (QED) is 0.911. The Kier molecular flexibility index (Phi) is 4.77. The number of hydrogen-bond acceptors (Lipinski definition) is 3. The average molecular weight is 276 g/mol. The van der Waals surface area contributed by atoms with Crippen molar-refractivity contribution >= 4 is 17.3 Å². The van der Waals surface area contributed by atoms with Gasteiger partial charge >= 0.3 is 0 Å². The molecule has 0 unspecified atom stereocenters. The maximum Gasteiger partial charge on any atom is 0.0471 e. The highest BCUT2D eigenvalue weighted by Crippen LogP contribution is 2.28. The molecule has 19 heavy (non-hydrogen) atoms. The Morgan fingerprint density at radius 3 is 2.58 bits per heavy atom. The van der Waals surface area contributed by atoms with E-state index in [1.807, 2.05) is 36.7 Å². The zero-order valence-corrected chi connectivity index (χ0v) is 11.8. The summed E-state index contributed by atoms with van der Waals surface area (Å²) in [6.07, 6.45) is 3.62. The molecule has 0 aliphatic rings. The summed E-state index contributed by atoms with van der Waals surface area (Å²) in [4.78, 5) is 6.31. The molecule has 0 aliphatic heterocycles. The van der Waals surface area contributed by atoms with E-state index in [1.54, 1.807) is 0 Å². The van der Waals surface area contributed by atoms with Gasteiger partial charge in [0.15, 0.2) is 0 Å². The molecule has 1 heterocycles. The molecule has 0 amide bonds. The molecule has 1 aromatic carbocycles. The normalized spacial score (nSPS) is 10.5. The molecule has 0 saturated heterocycles. The van der Waals surface area contributed by atoms with E-state index in [2.05, 4.69) is 22.9 Å². The predicted octanol–water partition coefficient (Wildman–Crippen LogP) is 3.22. The van der Waals surface area contributed by atoms with E-state index in [4.69, 9.17) is 17.3 Å². The topological polar surface area (TPSA) is 42.2 Å². The van der Waals surface area contributed by atoms with Crippen LogP contribution in [0.5, 0.6) is 0 Å². The molecule has 0 bridgehead atoms. The third kappa shape index (κ3) is 3.25. The van der Waals surface area contributed by atoms with Crippen LogP contribution in [0, 0.1) is 0 Å². The molecule has 3 nitrogen and oxygen atoms in total. The lowest BCUT2D eigenvalue weighted by Crippen LogP contribution is -2.24. The van der Waals surface area contributed by atoms with Gasteiger partial charge in [0.05, 0.1) is 0 Å². The molecule has 2 aromatic rings. The first-order chi connectivity index (χ1) is 9.26. The van der Waals surface area contributed by atoms with Gasteiger partial charge in [0.1, 0.15) is 0 Å². The van der Waals surface area contributed by atoms with Gasteiger partial charge in [0.2, 0.25) is 0 Å². The summed E-state index contributed by atoms with van der Waals surface area (Å²) in [6.45, 7) is 4.30. The number of pyridine rings is 1. The molecule has 2 rings (SSSR count). The molecular formula is C15H18ClN3. The van der Waals surface area contributed by atoms with Crippen LogP contribution in [0.3, 0.4) is 0 Å². The number of nitrogens with two attached hydrogens (primary N) is 1. The first-order valence-electron chi connectivity index (χ1n) is 6.37. The molecule has 0 radical (unpaired) electrons. The van der Waals surface area contributed by atoms with Gasteiger partial charge in [-0.2, -0.15) is 0 Å². The minimum Gasteiger partial charge on any atom is -0.367 e. The number of nitrogens with zero attached hydrogens (tertiary/aromatic N) is 2. The van der Waals surface area contributed by atoms with Gasteiger partial charge in [-0.3, -0.25) is 4.98 Å². The first kappa shape index (κ1) is 13.8. The molecule has 2 N–H and O–H groups in total. The lowest BCUT2D eigenvalue weighted by Gasteiger charge is -2.26. The fourth-order valence-corrected chi connectivity index (χ4v) is 2.37. The monoisotopic (exact) mass is 275 g/mol. The molecule has 0 atom stereocenters. The Balaban J connectivity index is 2.30. The molecule has 0 spiro atoms. The summed E-state index contributed by atoms with van der Waals surface area (Å²) in [5.41, 5.74) is 9.14. The van der Waals surface area contributed by atoms with Gasteiger partial charge in [-0.1, -0.05) is 17.7 Å². The minimum absolute atomic E-state index is 0.446. The second-order valence-corrected chi connectivity index (χ2v) is 4.72. The summed E-state index contributed by atoms with van der Waals surface area (Å²) in [5.74, 6) is 0. The van der Waals surface area contributed by atoms with Crippen molar-refractivity contribution in [1.29, 1.82) is 0 Å². The zero-order chi connectivity index (χ0) is 13.7. The van der Waals surface area contributed by atoms with Crippen molar-refractivity contribution in [3.05, 3.63) is 58.9 Å². The number of halogens is 1. The third-order valence-electron chi connectivity index (χ3n) is 3.14. The van der Waals surface area contributed by atoms with E-state index in [0.717, 1.165) is 29.4 Å². The van der Waals surface area contributed by atoms with Crippen molar-refractivity contribution in [2.24, 2.45) is 5.73 Å². The molecule has 1 aromatic heterocycles. The predicted molar refractivity (Wildman–Crippen MR) is 80.3 cm³/mol. The number of hydrogen-bond donors (Lipinski definition) is 1. The molecule has 0 aliphatic carbocycles. The van der Waals surface area contributed by atoms with E-state index in [1.165, 1.54) is 5.56 Å². The Morgan fingerprint density at radius 1 is 1.21 bits per heavy atom. The number of rotatable bonds is 5. The Bertz CT molecular complexity index is 528. The van der Waals surface area contributed by atoms with Crippen LogP contribution in [0.25, 0.3) is 0 Å². The highest BCUT2D eigenvalue weighted by Gasteiger charge is 2.11. The van der Waals surface area contributed by atoms with Crippen LogP contribution in [0.15, 0.2) is 42.7 Å². The van der Waals surface area contributed by atoms with Crippen molar-refractivity contribution in [2.45, 2.75) is 20.0 Å². The standard InChI is InChI=1S/C15H18ClN3/c1-2-19(11-12-6-8-18-9-7-12)15-5-3-4-14(16)13(15)10-17/h3-9H,2,10-11,17H2,1H3. The van der Waals surface area contributed by atoms with Crippen LogP contribution in [-0.2, 0) is 13.1 Å². The summed E-state index contributed by atoms with van der Waals surface area (Å²) in [5, 5.41) is 0.730. The van der Waals surface area contributed by atoms with E-state index in [-0.39, 0.29) is 0 Å². The smallest absolute Gasteiger partial charge is 0.0471 e. The Morgan fingerprint density at radius 2 is 1.95 bits per heavy atom.